The van der Waals surface area contributed by atoms with E-state index in [4.69, 9.17) is 4.74 Å². The van der Waals surface area contributed by atoms with E-state index >= 15 is 0 Å². The number of fused-ring (bicyclic) bond motifs is 2. The Hall–Kier alpha value is -3.44. The summed E-state index contributed by atoms with van der Waals surface area (Å²) < 4.78 is 32.4. The average molecular weight is 555 g/mol. The van der Waals surface area contributed by atoms with Gasteiger partial charge in [0.1, 0.15) is 11.6 Å². The summed E-state index contributed by atoms with van der Waals surface area (Å²) in [5, 5.41) is 2.66. The quantitative estimate of drug-likeness (QED) is 0.525. The van der Waals surface area contributed by atoms with Crippen molar-refractivity contribution in [1.82, 2.24) is 15.1 Å². The standard InChI is InChI=1S/C28H34N4O6S/c1-27(2)25(34)32(26(35)29-27)23(18-38-17-20-9-5-4-6-10-20)24(33)30-15-13-28(14-16-30)19-31(39(3,36)37)22-12-8-7-11-21(22)28/h4-12,23H,13-19H2,1-3H3,(H,29,35). The maximum atomic E-state index is 13.9. The highest BCUT2D eigenvalue weighted by Gasteiger charge is 2.52. The Kier molecular flexibility index (Phi) is 6.92. The van der Waals surface area contributed by atoms with Crippen LogP contribution in [0.4, 0.5) is 10.5 Å². The number of carbonyl (C=O) groups is 3. The molecule has 2 aromatic rings. The maximum absolute atomic E-state index is 13.9. The third-order valence-corrected chi connectivity index (χ3v) is 9.13. The van der Waals surface area contributed by atoms with Crippen molar-refractivity contribution in [3.63, 3.8) is 0 Å². The number of anilines is 1. The van der Waals surface area contributed by atoms with E-state index < -0.39 is 39.0 Å². The molecule has 208 valence electrons. The van der Waals surface area contributed by atoms with Crippen LogP contribution in [-0.4, -0.2) is 80.1 Å². The molecule has 0 saturated carbocycles. The predicted molar refractivity (Wildman–Crippen MR) is 145 cm³/mol. The van der Waals surface area contributed by atoms with Crippen LogP contribution < -0.4 is 9.62 Å². The van der Waals surface area contributed by atoms with Crippen molar-refractivity contribution in [2.45, 2.75) is 50.3 Å². The largest absolute Gasteiger partial charge is 0.374 e. The molecule has 0 bridgehead atoms. The number of benzene rings is 2. The van der Waals surface area contributed by atoms with Crippen LogP contribution in [0, 0.1) is 0 Å². The highest BCUT2D eigenvalue weighted by Crippen LogP contribution is 2.47. The fraction of sp³-hybridized carbons (Fsp3) is 0.464. The summed E-state index contributed by atoms with van der Waals surface area (Å²) in [7, 11) is -3.45. The topological polar surface area (TPSA) is 116 Å². The molecule has 39 heavy (non-hydrogen) atoms. The lowest BCUT2D eigenvalue weighted by Crippen LogP contribution is -2.57. The third-order valence-electron chi connectivity index (χ3n) is 8.00. The molecule has 3 aliphatic rings. The zero-order chi connectivity index (χ0) is 28.0. The zero-order valence-corrected chi connectivity index (χ0v) is 23.2. The van der Waals surface area contributed by atoms with Gasteiger partial charge in [0, 0.05) is 25.0 Å². The number of carbonyl (C=O) groups excluding carboxylic acids is 3. The van der Waals surface area contributed by atoms with Gasteiger partial charge in [0.05, 0.1) is 25.2 Å². The molecule has 11 heteroatoms. The van der Waals surface area contributed by atoms with Crippen molar-refractivity contribution in [3.8, 4) is 0 Å². The monoisotopic (exact) mass is 554 g/mol. The van der Waals surface area contributed by atoms with Gasteiger partial charge in [-0.15, -0.1) is 0 Å². The number of likely N-dealkylation sites (tertiary alicyclic amines) is 1. The molecule has 4 amide bonds. The van der Waals surface area contributed by atoms with Crippen LogP contribution in [0.3, 0.4) is 0 Å². The number of ether oxygens (including phenoxy) is 1. The minimum absolute atomic E-state index is 0.130. The van der Waals surface area contributed by atoms with Crippen LogP contribution in [0.15, 0.2) is 54.6 Å². The Bertz CT molecular complexity index is 1390. The van der Waals surface area contributed by atoms with Gasteiger partial charge in [-0.25, -0.2) is 18.1 Å². The summed E-state index contributed by atoms with van der Waals surface area (Å²) in [4.78, 5) is 42.5. The van der Waals surface area contributed by atoms with Gasteiger partial charge in [0.2, 0.25) is 15.9 Å². The minimum Gasteiger partial charge on any atom is -0.374 e. The lowest BCUT2D eigenvalue weighted by Gasteiger charge is -2.41. The number of hydrogen-bond donors (Lipinski definition) is 1. The van der Waals surface area contributed by atoms with Gasteiger partial charge >= 0.3 is 6.03 Å². The number of para-hydroxylation sites is 1. The molecule has 1 spiro atoms. The third kappa shape index (κ3) is 5.00. The van der Waals surface area contributed by atoms with Gasteiger partial charge in [0.15, 0.2) is 0 Å². The Balaban J connectivity index is 1.34. The van der Waals surface area contributed by atoms with E-state index in [9.17, 15) is 22.8 Å². The van der Waals surface area contributed by atoms with Gasteiger partial charge in [-0.1, -0.05) is 48.5 Å². The first-order valence-electron chi connectivity index (χ1n) is 13.1. The van der Waals surface area contributed by atoms with E-state index in [0.717, 1.165) is 16.0 Å². The fourth-order valence-electron chi connectivity index (χ4n) is 5.85. The van der Waals surface area contributed by atoms with Crippen LogP contribution >= 0.6 is 0 Å². The van der Waals surface area contributed by atoms with Gasteiger partial charge in [0.25, 0.3) is 5.91 Å². The Labute approximate surface area is 228 Å². The van der Waals surface area contributed by atoms with Gasteiger partial charge in [-0.05, 0) is 43.9 Å². The number of imide groups is 1. The predicted octanol–water partition coefficient (Wildman–Crippen LogP) is 2.24. The number of amides is 4. The molecule has 10 nitrogen and oxygen atoms in total. The first-order valence-corrected chi connectivity index (χ1v) is 14.9. The normalized spacial score (nSPS) is 20.7. The molecular formula is C28H34N4O6S. The molecule has 1 atom stereocenters. The summed E-state index contributed by atoms with van der Waals surface area (Å²) >= 11 is 0. The Morgan fingerprint density at radius 2 is 1.67 bits per heavy atom. The first kappa shape index (κ1) is 27.1. The summed E-state index contributed by atoms with van der Waals surface area (Å²) in [6.45, 7) is 4.39. The summed E-state index contributed by atoms with van der Waals surface area (Å²) in [5.41, 5.74) is 1.05. The van der Waals surface area contributed by atoms with Gasteiger partial charge in [-0.2, -0.15) is 0 Å². The van der Waals surface area contributed by atoms with Crippen LogP contribution in [0.1, 0.15) is 37.8 Å². The number of urea groups is 1. The second-order valence-corrected chi connectivity index (χ2v) is 13.0. The smallest absolute Gasteiger partial charge is 0.325 e. The van der Waals surface area contributed by atoms with Crippen LogP contribution in [0.2, 0.25) is 0 Å². The fourth-order valence-corrected chi connectivity index (χ4v) is 6.85. The number of rotatable bonds is 7. The van der Waals surface area contributed by atoms with E-state index in [2.05, 4.69) is 5.32 Å². The van der Waals surface area contributed by atoms with Gasteiger partial charge < -0.3 is 15.0 Å². The Morgan fingerprint density at radius 3 is 2.28 bits per heavy atom. The number of nitrogens with zero attached hydrogens (tertiary/aromatic N) is 3. The second kappa shape index (κ2) is 9.95. The van der Waals surface area contributed by atoms with Crippen LogP contribution in [0.25, 0.3) is 0 Å². The summed E-state index contributed by atoms with van der Waals surface area (Å²) in [6.07, 6.45) is 2.33. The molecule has 2 fully saturated rings. The molecule has 1 unspecified atom stereocenters. The minimum atomic E-state index is -3.45. The van der Waals surface area contributed by atoms with Gasteiger partial charge in [-0.3, -0.25) is 13.9 Å². The molecular weight excluding hydrogens is 520 g/mol. The lowest BCUT2D eigenvalue weighted by atomic mass is 9.74. The molecule has 5 rings (SSSR count). The number of nitrogens with one attached hydrogen (secondary N) is 1. The average Bonchev–Trinajstić information content (AvgIpc) is 3.33. The molecule has 0 aromatic heterocycles. The van der Waals surface area contributed by atoms with Crippen molar-refractivity contribution in [3.05, 3.63) is 65.7 Å². The molecule has 2 saturated heterocycles. The van der Waals surface area contributed by atoms with Crippen molar-refractivity contribution >= 4 is 33.6 Å². The molecule has 0 radical (unpaired) electrons. The number of hydrogen-bond acceptors (Lipinski definition) is 6. The summed E-state index contributed by atoms with van der Waals surface area (Å²) in [5.74, 6) is -0.832. The molecule has 2 aromatic carbocycles. The SMILES string of the molecule is CC1(C)NC(=O)N(C(COCc2ccccc2)C(=O)N2CCC3(CC2)CN(S(C)(=O)=O)c2ccccc23)C1=O. The zero-order valence-electron chi connectivity index (χ0n) is 22.4. The first-order chi connectivity index (χ1) is 18.4. The maximum Gasteiger partial charge on any atom is 0.325 e. The van der Waals surface area contributed by atoms with Crippen LogP contribution in [-0.2, 0) is 36.4 Å². The van der Waals surface area contributed by atoms with E-state index in [1.807, 2.05) is 54.6 Å². The molecule has 0 aliphatic carbocycles. The second-order valence-electron chi connectivity index (χ2n) is 11.1. The van der Waals surface area contributed by atoms with E-state index in [-0.39, 0.29) is 19.1 Å². The van der Waals surface area contributed by atoms with Crippen molar-refractivity contribution < 1.29 is 27.5 Å². The van der Waals surface area contributed by atoms with E-state index in [1.54, 1.807) is 18.7 Å². The highest BCUT2D eigenvalue weighted by molar-refractivity contribution is 7.92. The molecule has 1 N–H and O–H groups in total. The van der Waals surface area contributed by atoms with Crippen molar-refractivity contribution in [2.75, 3.05) is 36.8 Å². The van der Waals surface area contributed by atoms with Crippen molar-refractivity contribution in [2.24, 2.45) is 0 Å². The molecule has 3 heterocycles. The number of piperidine rings is 1. The van der Waals surface area contributed by atoms with E-state index in [1.165, 1.54) is 10.6 Å². The summed E-state index contributed by atoms with van der Waals surface area (Å²) in [6, 6.07) is 15.3. The number of sulfonamides is 1. The lowest BCUT2D eigenvalue weighted by molar-refractivity contribution is -0.146. The van der Waals surface area contributed by atoms with Crippen molar-refractivity contribution in [1.29, 1.82) is 0 Å². The highest BCUT2D eigenvalue weighted by atomic mass is 32.2. The Morgan fingerprint density at radius 1 is 1.03 bits per heavy atom. The van der Waals surface area contributed by atoms with E-state index in [0.29, 0.717) is 38.2 Å². The molecule has 3 aliphatic heterocycles. The van der Waals surface area contributed by atoms with Crippen LogP contribution in [0.5, 0.6) is 0 Å².